The molecule has 5 rings (SSSR count). The summed E-state index contributed by atoms with van der Waals surface area (Å²) in [7, 11) is 0. The van der Waals surface area contributed by atoms with Crippen LogP contribution in [0.3, 0.4) is 0 Å². The lowest BCUT2D eigenvalue weighted by molar-refractivity contribution is 0.0932. The highest BCUT2D eigenvalue weighted by Crippen LogP contribution is 2.31. The van der Waals surface area contributed by atoms with Crippen LogP contribution in [-0.2, 0) is 0 Å². The van der Waals surface area contributed by atoms with E-state index in [1.807, 2.05) is 30.3 Å². The summed E-state index contributed by atoms with van der Waals surface area (Å²) in [4.78, 5) is 27.3. The monoisotopic (exact) mass is 405 g/mol. The van der Waals surface area contributed by atoms with E-state index in [4.69, 9.17) is 4.74 Å². The molecule has 4 nitrogen and oxygen atoms in total. The highest BCUT2D eigenvalue weighted by atomic mass is 32.1. The van der Waals surface area contributed by atoms with E-state index >= 15 is 0 Å². The Labute approximate surface area is 174 Å². The van der Waals surface area contributed by atoms with Gasteiger partial charge >= 0.3 is 0 Å². The number of carbonyl (C=O) groups is 2. The summed E-state index contributed by atoms with van der Waals surface area (Å²) < 4.78 is 5.62. The molecule has 3 heterocycles. The van der Waals surface area contributed by atoms with Gasteiger partial charge in [-0.3, -0.25) is 9.59 Å². The van der Waals surface area contributed by atoms with Gasteiger partial charge in [-0.15, -0.1) is 0 Å². The summed E-state index contributed by atoms with van der Waals surface area (Å²) in [6.45, 7) is 3.33. The molecule has 5 heteroatoms. The van der Waals surface area contributed by atoms with E-state index in [0.29, 0.717) is 36.7 Å². The van der Waals surface area contributed by atoms with Gasteiger partial charge < -0.3 is 9.64 Å². The number of ketones is 2. The maximum absolute atomic E-state index is 12.8. The molecule has 1 saturated heterocycles. The summed E-state index contributed by atoms with van der Waals surface area (Å²) in [5, 5.41) is 6.29. The van der Waals surface area contributed by atoms with Gasteiger partial charge in [0.05, 0.1) is 12.2 Å². The topological polar surface area (TPSA) is 46.6 Å². The fourth-order valence-corrected chi connectivity index (χ4v) is 5.14. The Kier molecular flexibility index (Phi) is 4.94. The number of fused-ring (bicyclic) bond motifs is 2. The van der Waals surface area contributed by atoms with Crippen molar-refractivity contribution in [3.63, 3.8) is 0 Å². The highest BCUT2D eigenvalue weighted by molar-refractivity contribution is 7.08. The maximum atomic E-state index is 12.8. The number of thiophene rings is 1. The first-order valence-electron chi connectivity index (χ1n) is 10.2. The predicted molar refractivity (Wildman–Crippen MR) is 115 cm³/mol. The van der Waals surface area contributed by atoms with Crippen LogP contribution in [0.25, 0.3) is 10.8 Å². The Morgan fingerprint density at radius 2 is 2.10 bits per heavy atom. The van der Waals surface area contributed by atoms with Crippen LogP contribution in [0.4, 0.5) is 0 Å². The van der Waals surface area contributed by atoms with Crippen molar-refractivity contribution in [1.29, 1.82) is 0 Å². The lowest BCUT2D eigenvalue weighted by atomic mass is 9.97. The Morgan fingerprint density at radius 1 is 1.17 bits per heavy atom. The molecule has 29 heavy (non-hydrogen) atoms. The van der Waals surface area contributed by atoms with Crippen LogP contribution < -0.4 is 4.74 Å². The molecule has 0 saturated carbocycles. The standard InChI is InChI=1S/C24H23NO3S/c26-22(4-8-25-7-3-18(14-25)19-6-10-29-15-19)17-2-1-16-13-24-21(12-20(16)11-17)23(27)5-9-28-24/h1-2,6,10-13,15,18H,3-5,7-9,14H2. The maximum Gasteiger partial charge on any atom is 0.170 e. The molecule has 1 aromatic heterocycles. The van der Waals surface area contributed by atoms with Gasteiger partial charge in [0.15, 0.2) is 11.6 Å². The molecule has 0 amide bonds. The number of nitrogens with zero attached hydrogens (tertiary/aromatic N) is 1. The minimum atomic E-state index is 0.110. The molecule has 0 spiro atoms. The first-order valence-corrected chi connectivity index (χ1v) is 11.1. The van der Waals surface area contributed by atoms with Gasteiger partial charge in [-0.25, -0.2) is 0 Å². The van der Waals surface area contributed by atoms with Gasteiger partial charge in [-0.1, -0.05) is 12.1 Å². The van der Waals surface area contributed by atoms with Crippen molar-refractivity contribution in [2.24, 2.45) is 0 Å². The molecule has 0 radical (unpaired) electrons. The second-order valence-corrected chi connectivity index (χ2v) is 8.73. The fourth-order valence-electron chi connectivity index (χ4n) is 4.40. The lowest BCUT2D eigenvalue weighted by Crippen LogP contribution is -2.23. The summed E-state index contributed by atoms with van der Waals surface area (Å²) in [6.07, 6.45) is 2.11. The minimum Gasteiger partial charge on any atom is -0.492 e. The Bertz CT molecular complexity index is 1070. The molecular weight excluding hydrogens is 382 g/mol. The molecule has 3 aromatic rings. The van der Waals surface area contributed by atoms with Gasteiger partial charge in [-0.05, 0) is 70.2 Å². The zero-order valence-corrected chi connectivity index (χ0v) is 17.0. The molecule has 0 aliphatic carbocycles. The van der Waals surface area contributed by atoms with Crippen LogP contribution in [0.1, 0.15) is 51.5 Å². The summed E-state index contributed by atoms with van der Waals surface area (Å²) >= 11 is 1.75. The Hall–Kier alpha value is -2.50. The van der Waals surface area contributed by atoms with Crippen molar-refractivity contribution in [2.45, 2.75) is 25.2 Å². The average Bonchev–Trinajstić information content (AvgIpc) is 3.42. The third-order valence-corrected chi connectivity index (χ3v) is 6.79. The fraction of sp³-hybridized carbons (Fsp3) is 0.333. The molecule has 0 bridgehead atoms. The second-order valence-electron chi connectivity index (χ2n) is 7.95. The van der Waals surface area contributed by atoms with Gasteiger partial charge in [0.25, 0.3) is 0 Å². The summed E-state index contributed by atoms with van der Waals surface area (Å²) in [5.74, 6) is 1.52. The number of rotatable bonds is 5. The van der Waals surface area contributed by atoms with Crippen molar-refractivity contribution in [2.75, 3.05) is 26.2 Å². The summed E-state index contributed by atoms with van der Waals surface area (Å²) in [5.41, 5.74) is 2.78. The van der Waals surface area contributed by atoms with E-state index in [1.54, 1.807) is 11.3 Å². The van der Waals surface area contributed by atoms with E-state index in [9.17, 15) is 9.59 Å². The molecule has 2 aliphatic rings. The largest absolute Gasteiger partial charge is 0.492 e. The van der Waals surface area contributed by atoms with Crippen LogP contribution in [0.2, 0.25) is 0 Å². The molecule has 1 fully saturated rings. The van der Waals surface area contributed by atoms with E-state index in [-0.39, 0.29) is 11.6 Å². The van der Waals surface area contributed by atoms with Crippen molar-refractivity contribution in [3.8, 4) is 5.75 Å². The van der Waals surface area contributed by atoms with Crippen molar-refractivity contribution < 1.29 is 14.3 Å². The molecule has 1 atom stereocenters. The van der Waals surface area contributed by atoms with Gasteiger partial charge in [0, 0.05) is 31.5 Å². The van der Waals surface area contributed by atoms with Crippen LogP contribution in [-0.4, -0.2) is 42.7 Å². The smallest absolute Gasteiger partial charge is 0.170 e. The number of benzene rings is 2. The van der Waals surface area contributed by atoms with Crippen molar-refractivity contribution in [1.82, 2.24) is 4.90 Å². The zero-order chi connectivity index (χ0) is 19.8. The number of hydrogen-bond acceptors (Lipinski definition) is 5. The van der Waals surface area contributed by atoms with Gasteiger partial charge in [0.2, 0.25) is 0 Å². The van der Waals surface area contributed by atoms with Crippen molar-refractivity contribution in [3.05, 3.63) is 63.8 Å². The second kappa shape index (κ2) is 7.73. The molecule has 2 aromatic carbocycles. The van der Waals surface area contributed by atoms with Crippen LogP contribution in [0.15, 0.2) is 47.2 Å². The molecular formula is C24H23NO3S. The first-order chi connectivity index (χ1) is 14.2. The van der Waals surface area contributed by atoms with Crippen LogP contribution in [0, 0.1) is 0 Å². The third kappa shape index (κ3) is 3.72. The molecule has 2 aliphatic heterocycles. The molecule has 148 valence electrons. The number of Topliss-reactive ketones (excluding diaryl/α,β-unsaturated/α-hetero) is 2. The number of ether oxygens (including phenoxy) is 1. The third-order valence-electron chi connectivity index (χ3n) is 6.09. The van der Waals surface area contributed by atoms with Gasteiger partial charge in [-0.2, -0.15) is 11.3 Å². The lowest BCUT2D eigenvalue weighted by Gasteiger charge is -2.17. The Balaban J connectivity index is 1.27. The number of carbonyl (C=O) groups excluding carboxylic acids is 2. The van der Waals surface area contributed by atoms with Crippen molar-refractivity contribution >= 4 is 33.7 Å². The molecule has 1 unspecified atom stereocenters. The SMILES string of the molecule is O=C(CCN1CCC(c2ccsc2)C1)c1ccc2cc3c(cc2c1)C(=O)CCO3. The van der Waals surface area contributed by atoms with Gasteiger partial charge in [0.1, 0.15) is 5.75 Å². The zero-order valence-electron chi connectivity index (χ0n) is 16.2. The minimum absolute atomic E-state index is 0.110. The van der Waals surface area contributed by atoms with Crippen LogP contribution in [0.5, 0.6) is 5.75 Å². The van der Waals surface area contributed by atoms with E-state index in [1.165, 1.54) is 12.0 Å². The highest BCUT2D eigenvalue weighted by Gasteiger charge is 2.24. The summed E-state index contributed by atoms with van der Waals surface area (Å²) in [6, 6.07) is 11.7. The number of hydrogen-bond donors (Lipinski definition) is 0. The van der Waals surface area contributed by atoms with E-state index < -0.39 is 0 Å². The van der Waals surface area contributed by atoms with E-state index in [2.05, 4.69) is 21.7 Å². The Morgan fingerprint density at radius 3 is 2.97 bits per heavy atom. The van der Waals surface area contributed by atoms with Crippen LogP contribution >= 0.6 is 11.3 Å². The predicted octanol–water partition coefficient (Wildman–Crippen LogP) is 4.93. The normalized spacial score (nSPS) is 19.3. The van der Waals surface area contributed by atoms with E-state index in [0.717, 1.165) is 36.0 Å². The number of likely N-dealkylation sites (tertiary alicyclic amines) is 1. The molecule has 0 N–H and O–H groups in total. The quantitative estimate of drug-likeness (QED) is 0.565. The first kappa shape index (κ1) is 18.5. The average molecular weight is 406 g/mol.